The first-order valence-electron chi connectivity index (χ1n) is 6.65. The second kappa shape index (κ2) is 5.74. The Morgan fingerprint density at radius 3 is 2.95 bits per heavy atom. The third kappa shape index (κ3) is 2.98. The Kier molecular flexibility index (Phi) is 3.83. The lowest BCUT2D eigenvalue weighted by molar-refractivity contribution is 0.273. The van der Waals surface area contributed by atoms with E-state index in [1.54, 1.807) is 6.20 Å². The summed E-state index contributed by atoms with van der Waals surface area (Å²) in [6, 6.07) is 12.6. The third-order valence-corrected chi connectivity index (χ3v) is 4.11. The van der Waals surface area contributed by atoms with Gasteiger partial charge in [0, 0.05) is 5.92 Å². The van der Waals surface area contributed by atoms with Crippen molar-refractivity contribution >= 4 is 15.9 Å². The number of nitrogens with zero attached hydrogens (tertiary/aromatic N) is 1. The number of aromatic nitrogens is 1. The molecule has 1 unspecified atom stereocenters. The third-order valence-electron chi connectivity index (χ3n) is 3.65. The molecule has 0 bridgehead atoms. The quantitative estimate of drug-likeness (QED) is 0.785. The lowest BCUT2D eigenvalue weighted by Crippen LogP contribution is -2.16. The Morgan fingerprint density at radius 2 is 2.11 bits per heavy atom. The number of benzene rings is 1. The number of pyridine rings is 1. The summed E-state index contributed by atoms with van der Waals surface area (Å²) in [6.07, 6.45) is 5.43. The van der Waals surface area contributed by atoms with Crippen LogP contribution in [0.5, 0.6) is 5.75 Å². The maximum absolute atomic E-state index is 5.87. The maximum Gasteiger partial charge on any atom is 0.137 e. The van der Waals surface area contributed by atoms with Crippen LogP contribution in [0.15, 0.2) is 47.2 Å². The molecule has 0 fully saturated rings. The zero-order chi connectivity index (χ0) is 13.1. The summed E-state index contributed by atoms with van der Waals surface area (Å²) in [7, 11) is 0. The SMILES string of the molecule is Brc1ccc(OCC2CCCc3ccccc32)cn1. The van der Waals surface area contributed by atoms with Gasteiger partial charge in [-0.15, -0.1) is 0 Å². The lowest BCUT2D eigenvalue weighted by Gasteiger charge is -2.25. The molecule has 1 aromatic heterocycles. The molecule has 2 aromatic rings. The summed E-state index contributed by atoms with van der Waals surface area (Å²) in [4.78, 5) is 4.18. The van der Waals surface area contributed by atoms with E-state index in [1.165, 1.54) is 30.4 Å². The summed E-state index contributed by atoms with van der Waals surface area (Å²) in [5.74, 6) is 1.35. The van der Waals surface area contributed by atoms with Gasteiger partial charge >= 0.3 is 0 Å². The molecule has 98 valence electrons. The Labute approximate surface area is 122 Å². The van der Waals surface area contributed by atoms with Crippen LogP contribution in [0.4, 0.5) is 0 Å². The van der Waals surface area contributed by atoms with Gasteiger partial charge in [-0.1, -0.05) is 24.3 Å². The normalized spacial score (nSPS) is 17.8. The van der Waals surface area contributed by atoms with Gasteiger partial charge in [0.15, 0.2) is 0 Å². The topological polar surface area (TPSA) is 22.1 Å². The second-order valence-corrected chi connectivity index (χ2v) is 5.73. The fraction of sp³-hybridized carbons (Fsp3) is 0.312. The minimum Gasteiger partial charge on any atom is -0.491 e. The first kappa shape index (κ1) is 12.7. The van der Waals surface area contributed by atoms with Crippen molar-refractivity contribution in [3.63, 3.8) is 0 Å². The van der Waals surface area contributed by atoms with Crippen LogP contribution < -0.4 is 4.74 Å². The summed E-state index contributed by atoms with van der Waals surface area (Å²) in [5.41, 5.74) is 2.94. The van der Waals surface area contributed by atoms with E-state index < -0.39 is 0 Å². The molecule has 0 aliphatic heterocycles. The van der Waals surface area contributed by atoms with Gasteiger partial charge in [0.25, 0.3) is 0 Å². The number of halogens is 1. The minimum absolute atomic E-state index is 0.508. The zero-order valence-corrected chi connectivity index (χ0v) is 12.3. The van der Waals surface area contributed by atoms with Crippen molar-refractivity contribution in [2.45, 2.75) is 25.2 Å². The van der Waals surface area contributed by atoms with E-state index in [1.807, 2.05) is 12.1 Å². The van der Waals surface area contributed by atoms with Gasteiger partial charge in [-0.3, -0.25) is 0 Å². The molecule has 1 aromatic carbocycles. The second-order valence-electron chi connectivity index (χ2n) is 4.92. The van der Waals surface area contributed by atoms with Crippen molar-refractivity contribution in [1.29, 1.82) is 0 Å². The monoisotopic (exact) mass is 317 g/mol. The van der Waals surface area contributed by atoms with Crippen molar-refractivity contribution in [3.05, 3.63) is 58.3 Å². The average Bonchev–Trinajstić information content (AvgIpc) is 2.47. The van der Waals surface area contributed by atoms with E-state index in [0.717, 1.165) is 17.0 Å². The van der Waals surface area contributed by atoms with E-state index in [9.17, 15) is 0 Å². The van der Waals surface area contributed by atoms with Crippen LogP contribution >= 0.6 is 15.9 Å². The van der Waals surface area contributed by atoms with Crippen molar-refractivity contribution in [2.24, 2.45) is 0 Å². The first-order valence-corrected chi connectivity index (χ1v) is 7.44. The Bertz CT molecular complexity index is 553. The molecule has 1 aliphatic carbocycles. The number of hydrogen-bond acceptors (Lipinski definition) is 2. The molecular weight excluding hydrogens is 302 g/mol. The highest BCUT2D eigenvalue weighted by Crippen LogP contribution is 2.31. The van der Waals surface area contributed by atoms with E-state index in [2.05, 4.69) is 45.2 Å². The van der Waals surface area contributed by atoms with E-state index in [4.69, 9.17) is 4.74 Å². The summed E-state index contributed by atoms with van der Waals surface area (Å²) in [6.45, 7) is 0.736. The van der Waals surface area contributed by atoms with Gasteiger partial charge in [-0.05, 0) is 58.5 Å². The lowest BCUT2D eigenvalue weighted by atomic mass is 9.83. The number of hydrogen-bond donors (Lipinski definition) is 0. The van der Waals surface area contributed by atoms with Crippen LogP contribution in [-0.4, -0.2) is 11.6 Å². The van der Waals surface area contributed by atoms with Crippen LogP contribution in [0, 0.1) is 0 Å². The van der Waals surface area contributed by atoms with Gasteiger partial charge in [0.05, 0.1) is 12.8 Å². The molecule has 1 heterocycles. The van der Waals surface area contributed by atoms with Crippen LogP contribution in [0.2, 0.25) is 0 Å². The molecular formula is C16H16BrNO. The molecule has 0 N–H and O–H groups in total. The molecule has 0 saturated carbocycles. The Morgan fingerprint density at radius 1 is 1.21 bits per heavy atom. The van der Waals surface area contributed by atoms with Gasteiger partial charge in [-0.25, -0.2) is 4.98 Å². The number of rotatable bonds is 3. The van der Waals surface area contributed by atoms with Crippen molar-refractivity contribution < 1.29 is 4.74 Å². The van der Waals surface area contributed by atoms with E-state index in [0.29, 0.717) is 5.92 Å². The molecule has 19 heavy (non-hydrogen) atoms. The molecule has 0 amide bonds. The summed E-state index contributed by atoms with van der Waals surface area (Å²) < 4.78 is 6.71. The molecule has 0 spiro atoms. The Hall–Kier alpha value is -1.35. The highest BCUT2D eigenvalue weighted by molar-refractivity contribution is 9.10. The van der Waals surface area contributed by atoms with E-state index in [-0.39, 0.29) is 0 Å². The van der Waals surface area contributed by atoms with Crippen LogP contribution in [-0.2, 0) is 6.42 Å². The van der Waals surface area contributed by atoms with Crippen molar-refractivity contribution in [3.8, 4) is 5.75 Å². The van der Waals surface area contributed by atoms with Crippen molar-refractivity contribution in [1.82, 2.24) is 4.98 Å². The van der Waals surface area contributed by atoms with Crippen molar-refractivity contribution in [2.75, 3.05) is 6.61 Å². The molecule has 3 heteroatoms. The van der Waals surface area contributed by atoms with Gasteiger partial charge in [-0.2, -0.15) is 0 Å². The zero-order valence-electron chi connectivity index (χ0n) is 10.7. The van der Waals surface area contributed by atoms with Gasteiger partial charge < -0.3 is 4.74 Å². The molecule has 0 radical (unpaired) electrons. The highest BCUT2D eigenvalue weighted by Gasteiger charge is 2.20. The standard InChI is InChI=1S/C16H16BrNO/c17-16-9-8-14(10-18-16)19-11-13-6-3-5-12-4-1-2-7-15(12)13/h1-2,4,7-10,13H,3,5-6,11H2. The van der Waals surface area contributed by atoms with Crippen LogP contribution in [0.3, 0.4) is 0 Å². The Balaban J connectivity index is 1.69. The van der Waals surface area contributed by atoms with Crippen LogP contribution in [0.25, 0.3) is 0 Å². The fourth-order valence-corrected chi connectivity index (χ4v) is 2.91. The largest absolute Gasteiger partial charge is 0.491 e. The predicted octanol–water partition coefficient (Wildman–Crippen LogP) is 4.34. The van der Waals surface area contributed by atoms with Gasteiger partial charge in [0.1, 0.15) is 10.4 Å². The minimum atomic E-state index is 0.508. The van der Waals surface area contributed by atoms with Gasteiger partial charge in [0.2, 0.25) is 0 Å². The molecule has 3 rings (SSSR count). The smallest absolute Gasteiger partial charge is 0.137 e. The highest BCUT2D eigenvalue weighted by atomic mass is 79.9. The fourth-order valence-electron chi connectivity index (χ4n) is 2.67. The van der Waals surface area contributed by atoms with E-state index >= 15 is 0 Å². The average molecular weight is 318 g/mol. The maximum atomic E-state index is 5.87. The number of aryl methyl sites for hydroxylation is 1. The number of fused-ring (bicyclic) bond motifs is 1. The number of ether oxygens (including phenoxy) is 1. The molecule has 1 aliphatic rings. The summed E-state index contributed by atoms with van der Waals surface area (Å²) in [5, 5.41) is 0. The molecule has 2 nitrogen and oxygen atoms in total. The molecule has 0 saturated heterocycles. The van der Waals surface area contributed by atoms with Crippen LogP contribution in [0.1, 0.15) is 29.9 Å². The first-order chi connectivity index (χ1) is 9.33. The predicted molar refractivity (Wildman–Crippen MR) is 79.6 cm³/mol. The molecule has 1 atom stereocenters. The summed E-state index contributed by atoms with van der Waals surface area (Å²) >= 11 is 3.33.